The van der Waals surface area contributed by atoms with Crippen molar-refractivity contribution in [2.45, 2.75) is 33.4 Å². The van der Waals surface area contributed by atoms with Crippen LogP contribution in [0.2, 0.25) is 0 Å². The summed E-state index contributed by atoms with van der Waals surface area (Å²) in [5.41, 5.74) is 0. The normalized spacial score (nSPS) is 19.1. The zero-order valence-corrected chi connectivity index (χ0v) is 8.25. The molecule has 0 aromatic rings. The van der Waals surface area contributed by atoms with Crippen molar-refractivity contribution in [3.05, 3.63) is 0 Å². The van der Waals surface area contributed by atoms with Crippen molar-refractivity contribution in [3.63, 3.8) is 0 Å². The first-order valence-corrected chi connectivity index (χ1v) is 4.34. The molecular weight excluding hydrogens is 157 g/mol. The summed E-state index contributed by atoms with van der Waals surface area (Å²) in [6.07, 6.45) is 1.21. The van der Waals surface area contributed by atoms with Crippen LogP contribution in [0.15, 0.2) is 5.16 Å². The molecule has 0 amide bonds. The molecule has 0 unspecified atom stereocenters. The van der Waals surface area contributed by atoms with Gasteiger partial charge in [-0.1, -0.05) is 32.3 Å². The minimum atomic E-state index is -1.00. The molecule has 2 nitrogen and oxygen atoms in total. The van der Waals surface area contributed by atoms with Gasteiger partial charge in [0.15, 0.2) is 0 Å². The van der Waals surface area contributed by atoms with Crippen molar-refractivity contribution in [2.24, 2.45) is 17.0 Å². The van der Waals surface area contributed by atoms with Crippen molar-refractivity contribution in [1.29, 1.82) is 0 Å². The molecule has 0 aliphatic heterocycles. The predicted octanol–water partition coefficient (Wildman–Crippen LogP) is 2.64. The maximum absolute atomic E-state index is 13.2. The van der Waals surface area contributed by atoms with Crippen LogP contribution in [0.4, 0.5) is 4.39 Å². The fraction of sp³-hybridized carbons (Fsp3) is 0.889. The van der Waals surface area contributed by atoms with Gasteiger partial charge in [0, 0.05) is 0 Å². The van der Waals surface area contributed by atoms with Crippen molar-refractivity contribution < 1.29 is 9.23 Å². The molecule has 0 heterocycles. The SMILES string of the molecule is CC[C@H](C)[C@@H](C)[C@H](F)C=NOC. The summed E-state index contributed by atoms with van der Waals surface area (Å²) in [6, 6.07) is 0. The summed E-state index contributed by atoms with van der Waals surface area (Å²) in [4.78, 5) is 4.41. The maximum atomic E-state index is 13.2. The van der Waals surface area contributed by atoms with Gasteiger partial charge in [0.25, 0.3) is 0 Å². The lowest BCUT2D eigenvalue weighted by Gasteiger charge is -2.18. The lowest BCUT2D eigenvalue weighted by molar-refractivity contribution is 0.201. The van der Waals surface area contributed by atoms with Gasteiger partial charge in [0.1, 0.15) is 13.3 Å². The van der Waals surface area contributed by atoms with Crippen LogP contribution >= 0.6 is 0 Å². The molecule has 0 spiro atoms. The van der Waals surface area contributed by atoms with E-state index in [0.717, 1.165) is 6.42 Å². The number of hydrogen-bond donors (Lipinski definition) is 0. The molecule has 0 bridgehead atoms. The molecule has 3 atom stereocenters. The molecule has 0 fully saturated rings. The molecule has 0 N–H and O–H groups in total. The monoisotopic (exact) mass is 175 g/mol. The number of rotatable bonds is 5. The second-order valence-corrected chi connectivity index (χ2v) is 3.13. The van der Waals surface area contributed by atoms with E-state index in [1.54, 1.807) is 0 Å². The van der Waals surface area contributed by atoms with Gasteiger partial charge in [0.05, 0.1) is 6.21 Å². The Labute approximate surface area is 73.8 Å². The van der Waals surface area contributed by atoms with E-state index in [4.69, 9.17) is 0 Å². The van der Waals surface area contributed by atoms with Crippen molar-refractivity contribution in [1.82, 2.24) is 0 Å². The Kier molecular flexibility index (Phi) is 5.68. The van der Waals surface area contributed by atoms with Crippen molar-refractivity contribution >= 4 is 6.21 Å². The zero-order chi connectivity index (χ0) is 9.56. The quantitative estimate of drug-likeness (QED) is 0.465. The first-order chi connectivity index (χ1) is 5.63. The summed E-state index contributed by atoms with van der Waals surface area (Å²) in [6.45, 7) is 5.99. The van der Waals surface area contributed by atoms with E-state index < -0.39 is 6.17 Å². The van der Waals surface area contributed by atoms with E-state index in [1.807, 2.05) is 13.8 Å². The van der Waals surface area contributed by atoms with Crippen LogP contribution < -0.4 is 0 Å². The number of hydrogen-bond acceptors (Lipinski definition) is 2. The Morgan fingerprint density at radius 3 is 2.50 bits per heavy atom. The molecule has 12 heavy (non-hydrogen) atoms. The number of alkyl halides is 1. The maximum Gasteiger partial charge on any atom is 0.141 e. The highest BCUT2D eigenvalue weighted by molar-refractivity contribution is 5.62. The Balaban J connectivity index is 3.91. The second kappa shape index (κ2) is 5.98. The lowest BCUT2D eigenvalue weighted by Crippen LogP contribution is -2.20. The summed E-state index contributed by atoms with van der Waals surface area (Å²) < 4.78 is 13.2. The Hall–Kier alpha value is -0.600. The van der Waals surface area contributed by atoms with E-state index >= 15 is 0 Å². The van der Waals surface area contributed by atoms with Gasteiger partial charge in [-0.2, -0.15) is 0 Å². The zero-order valence-electron chi connectivity index (χ0n) is 8.25. The summed E-state index contributed by atoms with van der Waals surface area (Å²) in [7, 11) is 1.41. The average Bonchev–Trinajstić information content (AvgIpc) is 2.11. The van der Waals surface area contributed by atoms with Gasteiger partial charge >= 0.3 is 0 Å². The Morgan fingerprint density at radius 2 is 2.08 bits per heavy atom. The van der Waals surface area contributed by atoms with E-state index in [2.05, 4.69) is 16.9 Å². The van der Waals surface area contributed by atoms with Crippen LogP contribution in [0.5, 0.6) is 0 Å². The third kappa shape index (κ3) is 3.69. The third-order valence-electron chi connectivity index (χ3n) is 2.35. The van der Waals surface area contributed by atoms with Crippen LogP contribution in [0.25, 0.3) is 0 Å². The van der Waals surface area contributed by atoms with Crippen LogP contribution in [0.3, 0.4) is 0 Å². The smallest absolute Gasteiger partial charge is 0.141 e. The largest absolute Gasteiger partial charge is 0.399 e. The van der Waals surface area contributed by atoms with Gasteiger partial charge in [-0.25, -0.2) is 4.39 Å². The molecule has 72 valence electrons. The summed E-state index contributed by atoms with van der Waals surface area (Å²) in [5, 5.41) is 3.41. The lowest BCUT2D eigenvalue weighted by atomic mass is 9.90. The van der Waals surface area contributed by atoms with Gasteiger partial charge in [-0.05, 0) is 11.8 Å². The highest BCUT2D eigenvalue weighted by atomic mass is 19.1. The molecule has 0 aliphatic carbocycles. The molecule has 0 saturated carbocycles. The predicted molar refractivity (Wildman–Crippen MR) is 49.0 cm³/mol. The topological polar surface area (TPSA) is 21.6 Å². The molecule has 0 rings (SSSR count). The molecule has 0 aliphatic rings. The molecule has 0 saturated heterocycles. The number of oxime groups is 1. The Bertz CT molecular complexity index is 138. The van der Waals surface area contributed by atoms with Crippen LogP contribution in [-0.2, 0) is 4.84 Å². The minimum absolute atomic E-state index is 0.00824. The molecular formula is C9H18FNO. The highest BCUT2D eigenvalue weighted by Gasteiger charge is 2.19. The third-order valence-corrected chi connectivity index (χ3v) is 2.35. The van der Waals surface area contributed by atoms with Crippen LogP contribution in [0, 0.1) is 11.8 Å². The second-order valence-electron chi connectivity index (χ2n) is 3.13. The van der Waals surface area contributed by atoms with E-state index in [-0.39, 0.29) is 5.92 Å². The highest BCUT2D eigenvalue weighted by Crippen LogP contribution is 2.19. The van der Waals surface area contributed by atoms with Gasteiger partial charge in [-0.15, -0.1) is 0 Å². The van der Waals surface area contributed by atoms with Crippen molar-refractivity contribution in [2.75, 3.05) is 7.11 Å². The van der Waals surface area contributed by atoms with E-state index in [0.29, 0.717) is 5.92 Å². The van der Waals surface area contributed by atoms with Crippen molar-refractivity contribution in [3.8, 4) is 0 Å². The fourth-order valence-electron chi connectivity index (χ4n) is 0.940. The first kappa shape index (κ1) is 11.4. The Morgan fingerprint density at radius 1 is 1.50 bits per heavy atom. The van der Waals surface area contributed by atoms with Gasteiger partial charge in [-0.3, -0.25) is 0 Å². The molecule has 0 radical (unpaired) electrons. The van der Waals surface area contributed by atoms with E-state index in [1.165, 1.54) is 13.3 Å². The van der Waals surface area contributed by atoms with Gasteiger partial charge in [0.2, 0.25) is 0 Å². The molecule has 3 heteroatoms. The number of nitrogens with zero attached hydrogens (tertiary/aromatic N) is 1. The summed E-state index contributed by atoms with van der Waals surface area (Å²) in [5.74, 6) is 0.386. The number of halogens is 1. The van der Waals surface area contributed by atoms with Crippen LogP contribution in [-0.4, -0.2) is 19.5 Å². The fourth-order valence-corrected chi connectivity index (χ4v) is 0.940. The van der Waals surface area contributed by atoms with Gasteiger partial charge < -0.3 is 4.84 Å². The first-order valence-electron chi connectivity index (χ1n) is 4.34. The standard InChI is InChI=1S/C9H18FNO/c1-5-7(2)8(3)9(10)6-11-12-4/h6-9H,5H2,1-4H3/t7-,8+,9+/m0/s1. The summed E-state index contributed by atoms with van der Waals surface area (Å²) >= 11 is 0. The minimum Gasteiger partial charge on any atom is -0.399 e. The van der Waals surface area contributed by atoms with Crippen LogP contribution in [0.1, 0.15) is 27.2 Å². The van der Waals surface area contributed by atoms with E-state index in [9.17, 15) is 4.39 Å². The molecule has 0 aromatic carbocycles. The molecule has 0 aromatic heterocycles. The average molecular weight is 175 g/mol.